The van der Waals surface area contributed by atoms with E-state index in [1.54, 1.807) is 24.4 Å². The standard InChI is InChI=1S/C20H22FN3O2.C2HF3O2/c21-17-6-2-1-5-14(17)9-20(25)24-11-16-15(13-26-18(16)12-24)10-23-19-7-3-4-8-22-19;3-2(4,5)1(6)7/h1-8,15-16,18H,9-13H2,(H,22,23);(H,6,7)/t15-,16+,18+;/m0./s1. The molecule has 2 aromatic rings. The molecular weight excluding hydrogens is 446 g/mol. The van der Waals surface area contributed by atoms with Crippen LogP contribution in [0.25, 0.3) is 0 Å². The molecule has 1 amide bonds. The van der Waals surface area contributed by atoms with Crippen molar-refractivity contribution in [1.82, 2.24) is 9.88 Å². The van der Waals surface area contributed by atoms with Gasteiger partial charge >= 0.3 is 12.1 Å². The minimum atomic E-state index is -5.08. The molecule has 1 aromatic carbocycles. The maximum atomic E-state index is 13.8. The number of hydrogen-bond acceptors (Lipinski definition) is 5. The number of carboxylic acids is 1. The first-order chi connectivity index (χ1) is 15.6. The second-order valence-corrected chi connectivity index (χ2v) is 7.76. The maximum absolute atomic E-state index is 13.8. The van der Waals surface area contributed by atoms with Crippen molar-refractivity contribution >= 4 is 17.7 Å². The number of likely N-dealkylation sites (tertiary alicyclic amines) is 1. The van der Waals surface area contributed by atoms with Crippen molar-refractivity contribution in [3.63, 3.8) is 0 Å². The Labute approximate surface area is 187 Å². The molecule has 178 valence electrons. The van der Waals surface area contributed by atoms with Crippen LogP contribution in [0, 0.1) is 17.7 Å². The van der Waals surface area contributed by atoms with Gasteiger partial charge in [-0.3, -0.25) is 4.79 Å². The first-order valence-electron chi connectivity index (χ1n) is 10.2. The fraction of sp³-hybridized carbons (Fsp3) is 0.409. The van der Waals surface area contributed by atoms with Crippen LogP contribution < -0.4 is 5.32 Å². The molecular formula is C22H23F4N3O4. The Hall–Kier alpha value is -3.21. The number of aliphatic carboxylic acids is 1. The van der Waals surface area contributed by atoms with Gasteiger partial charge in [0, 0.05) is 37.7 Å². The summed E-state index contributed by atoms with van der Waals surface area (Å²) in [7, 11) is 0. The Morgan fingerprint density at radius 2 is 1.85 bits per heavy atom. The molecule has 2 N–H and O–H groups in total. The van der Waals surface area contributed by atoms with E-state index in [0.29, 0.717) is 37.1 Å². The highest BCUT2D eigenvalue weighted by Crippen LogP contribution is 2.34. The largest absolute Gasteiger partial charge is 0.490 e. The Kier molecular flexibility index (Phi) is 7.85. The summed E-state index contributed by atoms with van der Waals surface area (Å²) in [6.07, 6.45) is -3.15. The lowest BCUT2D eigenvalue weighted by molar-refractivity contribution is -0.192. The Morgan fingerprint density at radius 1 is 1.15 bits per heavy atom. The smallest absolute Gasteiger partial charge is 0.475 e. The molecule has 3 atom stereocenters. The molecule has 33 heavy (non-hydrogen) atoms. The average molecular weight is 469 g/mol. The number of halogens is 4. The number of aromatic nitrogens is 1. The number of ether oxygens (including phenoxy) is 1. The first-order valence-corrected chi connectivity index (χ1v) is 10.2. The van der Waals surface area contributed by atoms with Crippen molar-refractivity contribution in [3.8, 4) is 0 Å². The Balaban J connectivity index is 0.000000383. The van der Waals surface area contributed by atoms with Crippen molar-refractivity contribution in [2.75, 3.05) is 31.6 Å². The van der Waals surface area contributed by atoms with E-state index < -0.39 is 12.1 Å². The number of pyridine rings is 1. The van der Waals surface area contributed by atoms with E-state index in [4.69, 9.17) is 14.6 Å². The number of carbonyl (C=O) groups excluding carboxylic acids is 1. The number of hydrogen-bond donors (Lipinski definition) is 2. The molecule has 3 heterocycles. The fourth-order valence-corrected chi connectivity index (χ4v) is 3.83. The summed E-state index contributed by atoms with van der Waals surface area (Å²) in [4.78, 5) is 27.5. The summed E-state index contributed by atoms with van der Waals surface area (Å²) in [5, 5.41) is 10.5. The van der Waals surface area contributed by atoms with Crippen molar-refractivity contribution in [3.05, 3.63) is 60.0 Å². The van der Waals surface area contributed by atoms with Gasteiger partial charge in [-0.2, -0.15) is 13.2 Å². The van der Waals surface area contributed by atoms with Crippen LogP contribution in [0.3, 0.4) is 0 Å². The number of fused-ring (bicyclic) bond motifs is 1. The SMILES string of the molecule is O=C(Cc1ccccc1F)N1C[C@@H]2[C@@H](CNc3ccccn3)CO[C@@H]2C1.O=C(O)C(F)(F)F. The van der Waals surface area contributed by atoms with E-state index in [0.717, 1.165) is 12.4 Å². The van der Waals surface area contributed by atoms with Gasteiger partial charge in [-0.05, 0) is 23.8 Å². The summed E-state index contributed by atoms with van der Waals surface area (Å²) in [5.41, 5.74) is 0.448. The third-order valence-electron chi connectivity index (χ3n) is 5.54. The number of nitrogens with one attached hydrogen (secondary N) is 1. The van der Waals surface area contributed by atoms with Gasteiger partial charge in [-0.15, -0.1) is 0 Å². The topological polar surface area (TPSA) is 91.8 Å². The summed E-state index contributed by atoms with van der Waals surface area (Å²) in [5.74, 6) is -1.61. The lowest BCUT2D eigenvalue weighted by Gasteiger charge is -2.20. The number of carbonyl (C=O) groups is 2. The quantitative estimate of drug-likeness (QED) is 0.655. The number of benzene rings is 1. The van der Waals surface area contributed by atoms with Gasteiger partial charge in [-0.1, -0.05) is 24.3 Å². The zero-order valence-corrected chi connectivity index (χ0v) is 17.5. The minimum Gasteiger partial charge on any atom is -0.475 e. The van der Waals surface area contributed by atoms with E-state index in [9.17, 15) is 22.4 Å². The second kappa shape index (κ2) is 10.6. The Bertz CT molecular complexity index is 958. The molecule has 7 nitrogen and oxygen atoms in total. The fourth-order valence-electron chi connectivity index (χ4n) is 3.83. The van der Waals surface area contributed by atoms with E-state index in [-0.39, 0.29) is 24.2 Å². The lowest BCUT2D eigenvalue weighted by atomic mass is 9.93. The summed E-state index contributed by atoms with van der Waals surface area (Å²) in [6.45, 7) is 2.74. The van der Waals surface area contributed by atoms with Gasteiger partial charge in [-0.25, -0.2) is 14.2 Å². The van der Waals surface area contributed by atoms with E-state index in [1.807, 2.05) is 23.1 Å². The summed E-state index contributed by atoms with van der Waals surface area (Å²) < 4.78 is 51.4. The van der Waals surface area contributed by atoms with Crippen LogP contribution in [-0.4, -0.2) is 65.4 Å². The summed E-state index contributed by atoms with van der Waals surface area (Å²) >= 11 is 0. The third kappa shape index (κ3) is 6.64. The molecule has 0 bridgehead atoms. The molecule has 2 saturated heterocycles. The van der Waals surface area contributed by atoms with Crippen LogP contribution in [0.5, 0.6) is 0 Å². The lowest BCUT2D eigenvalue weighted by Crippen LogP contribution is -2.33. The van der Waals surface area contributed by atoms with Crippen LogP contribution in [0.2, 0.25) is 0 Å². The molecule has 0 radical (unpaired) electrons. The number of alkyl halides is 3. The molecule has 2 fully saturated rings. The molecule has 0 unspecified atom stereocenters. The molecule has 2 aliphatic rings. The minimum absolute atomic E-state index is 0.0375. The molecule has 0 spiro atoms. The van der Waals surface area contributed by atoms with Gasteiger partial charge in [0.25, 0.3) is 0 Å². The normalized spacial score (nSPS) is 21.7. The van der Waals surface area contributed by atoms with Gasteiger partial charge in [0.05, 0.1) is 19.1 Å². The molecule has 4 rings (SSSR count). The van der Waals surface area contributed by atoms with Crippen LogP contribution in [0.15, 0.2) is 48.7 Å². The van der Waals surface area contributed by atoms with Crippen molar-refractivity contribution in [2.45, 2.75) is 18.7 Å². The third-order valence-corrected chi connectivity index (χ3v) is 5.54. The zero-order chi connectivity index (χ0) is 24.0. The number of anilines is 1. The van der Waals surface area contributed by atoms with Crippen LogP contribution >= 0.6 is 0 Å². The van der Waals surface area contributed by atoms with E-state index >= 15 is 0 Å². The van der Waals surface area contributed by atoms with Gasteiger partial charge in [0.1, 0.15) is 11.6 Å². The van der Waals surface area contributed by atoms with E-state index in [1.165, 1.54) is 6.07 Å². The van der Waals surface area contributed by atoms with Gasteiger partial charge < -0.3 is 20.1 Å². The molecule has 2 aliphatic heterocycles. The highest BCUT2D eigenvalue weighted by Gasteiger charge is 2.45. The summed E-state index contributed by atoms with van der Waals surface area (Å²) in [6, 6.07) is 12.2. The van der Waals surface area contributed by atoms with Crippen molar-refractivity contribution in [1.29, 1.82) is 0 Å². The molecule has 0 aliphatic carbocycles. The van der Waals surface area contributed by atoms with Crippen molar-refractivity contribution < 1.29 is 37.0 Å². The van der Waals surface area contributed by atoms with Gasteiger partial charge in [0.15, 0.2) is 0 Å². The van der Waals surface area contributed by atoms with Gasteiger partial charge in [0.2, 0.25) is 5.91 Å². The molecule has 11 heteroatoms. The van der Waals surface area contributed by atoms with Crippen LogP contribution in [0.1, 0.15) is 5.56 Å². The molecule has 0 saturated carbocycles. The monoisotopic (exact) mass is 469 g/mol. The molecule has 1 aromatic heterocycles. The number of nitrogens with zero attached hydrogens (tertiary/aromatic N) is 2. The van der Waals surface area contributed by atoms with Crippen LogP contribution in [0.4, 0.5) is 23.4 Å². The predicted molar refractivity (Wildman–Crippen MR) is 110 cm³/mol. The van der Waals surface area contributed by atoms with Crippen LogP contribution in [-0.2, 0) is 20.7 Å². The number of rotatable bonds is 5. The number of amides is 1. The van der Waals surface area contributed by atoms with Crippen molar-refractivity contribution in [2.24, 2.45) is 11.8 Å². The highest BCUT2D eigenvalue weighted by atomic mass is 19.4. The zero-order valence-electron chi connectivity index (χ0n) is 17.5. The maximum Gasteiger partial charge on any atom is 0.490 e. The average Bonchev–Trinajstić information content (AvgIpc) is 3.36. The van der Waals surface area contributed by atoms with E-state index in [2.05, 4.69) is 10.3 Å². The predicted octanol–water partition coefficient (Wildman–Crippen LogP) is 2.98. The Morgan fingerprint density at radius 3 is 2.48 bits per heavy atom. The highest BCUT2D eigenvalue weighted by molar-refractivity contribution is 5.79. The number of carboxylic acid groups (broad SMARTS) is 1. The second-order valence-electron chi connectivity index (χ2n) is 7.76. The first kappa shape index (κ1) is 24.4.